The molecule has 0 amide bonds. The van der Waals surface area contributed by atoms with Crippen LogP contribution in [0.2, 0.25) is 0 Å². The molecule has 1 fully saturated rings. The number of hydrogen-bond acceptors (Lipinski definition) is 2. The van der Waals surface area contributed by atoms with Gasteiger partial charge in [-0.15, -0.1) is 24.0 Å². The monoisotopic (exact) mass is 469 g/mol. The minimum Gasteiger partial charge on any atom is -0.357 e. The molecule has 1 aromatic carbocycles. The lowest BCUT2D eigenvalue weighted by Gasteiger charge is -2.20. The first-order valence-electron chi connectivity index (χ1n) is 7.92. The van der Waals surface area contributed by atoms with Gasteiger partial charge in [0.1, 0.15) is 11.6 Å². The van der Waals surface area contributed by atoms with Crippen LogP contribution < -0.4 is 10.6 Å². The van der Waals surface area contributed by atoms with Gasteiger partial charge in [-0.3, -0.25) is 4.99 Å². The van der Waals surface area contributed by atoms with Crippen LogP contribution in [0.5, 0.6) is 0 Å². The molecule has 136 valence electrons. The van der Waals surface area contributed by atoms with E-state index in [2.05, 4.69) is 35.7 Å². The molecule has 2 rings (SSSR count). The van der Waals surface area contributed by atoms with Crippen molar-refractivity contribution in [3.8, 4) is 0 Å². The number of aliphatic imine (C=N–C) groups is 1. The molecule has 1 aliphatic rings. The summed E-state index contributed by atoms with van der Waals surface area (Å²) in [5.41, 5.74) is 0.185. The van der Waals surface area contributed by atoms with E-state index in [1.165, 1.54) is 18.2 Å². The molecule has 2 atom stereocenters. The molecule has 0 aliphatic heterocycles. The van der Waals surface area contributed by atoms with Gasteiger partial charge >= 0.3 is 0 Å². The van der Waals surface area contributed by atoms with Crippen LogP contribution in [0.1, 0.15) is 38.7 Å². The maximum Gasteiger partial charge on any atom is 0.191 e. The predicted octanol–water partition coefficient (Wildman–Crippen LogP) is 4.14. The van der Waals surface area contributed by atoms with Crippen molar-refractivity contribution in [1.29, 1.82) is 0 Å². The quantitative estimate of drug-likeness (QED) is 0.374. The number of nitrogens with zero attached hydrogens (tertiary/aromatic N) is 1. The van der Waals surface area contributed by atoms with Crippen molar-refractivity contribution in [1.82, 2.24) is 10.6 Å². The second-order valence-corrected chi connectivity index (χ2v) is 7.90. The van der Waals surface area contributed by atoms with E-state index >= 15 is 0 Å². The first-order chi connectivity index (χ1) is 10.9. The van der Waals surface area contributed by atoms with Crippen LogP contribution in [0, 0.1) is 11.6 Å². The fourth-order valence-corrected chi connectivity index (χ4v) is 2.56. The summed E-state index contributed by atoms with van der Waals surface area (Å²) in [5, 5.41) is 6.48. The van der Waals surface area contributed by atoms with Crippen molar-refractivity contribution < 1.29 is 8.78 Å². The van der Waals surface area contributed by atoms with Crippen LogP contribution in [0.25, 0.3) is 0 Å². The molecule has 0 spiro atoms. The summed E-state index contributed by atoms with van der Waals surface area (Å²) in [5.74, 6) is -0.359. The normalized spacial score (nSPS) is 20.3. The van der Waals surface area contributed by atoms with Crippen LogP contribution in [0.15, 0.2) is 23.2 Å². The summed E-state index contributed by atoms with van der Waals surface area (Å²) < 4.78 is 27.7. The van der Waals surface area contributed by atoms with Gasteiger partial charge in [0.25, 0.3) is 0 Å². The second kappa shape index (κ2) is 9.22. The summed E-state index contributed by atoms with van der Waals surface area (Å²) in [7, 11) is 0. The highest BCUT2D eigenvalue weighted by molar-refractivity contribution is 14.0. The van der Waals surface area contributed by atoms with Gasteiger partial charge in [-0.1, -0.05) is 6.07 Å². The predicted molar refractivity (Wildman–Crippen MR) is 110 cm³/mol. The molecule has 2 unspecified atom stereocenters. The fraction of sp³-hybridized carbons (Fsp3) is 0.588. The Kier molecular flexibility index (Phi) is 8.25. The maximum absolute atomic E-state index is 13.8. The number of rotatable bonds is 6. The smallest absolute Gasteiger partial charge is 0.191 e. The number of benzene rings is 1. The lowest BCUT2D eigenvalue weighted by Crippen LogP contribution is -2.40. The average Bonchev–Trinajstić information content (AvgIpc) is 3.24. The van der Waals surface area contributed by atoms with E-state index in [4.69, 9.17) is 0 Å². The Bertz CT molecular complexity index is 561. The van der Waals surface area contributed by atoms with Crippen molar-refractivity contribution in [2.45, 2.75) is 43.9 Å². The highest BCUT2D eigenvalue weighted by Gasteiger charge is 2.42. The van der Waals surface area contributed by atoms with Gasteiger partial charge in [-0.2, -0.15) is 11.8 Å². The minimum atomic E-state index is -0.468. The van der Waals surface area contributed by atoms with Crippen molar-refractivity contribution in [3.05, 3.63) is 35.4 Å². The Labute approximate surface area is 164 Å². The average molecular weight is 469 g/mol. The van der Waals surface area contributed by atoms with Crippen LogP contribution in [-0.2, 0) is 0 Å². The van der Waals surface area contributed by atoms with Gasteiger partial charge in [0.05, 0.1) is 6.54 Å². The Morgan fingerprint density at radius 3 is 2.50 bits per heavy atom. The Balaban J connectivity index is 0.00000288. The second-order valence-electron chi connectivity index (χ2n) is 6.39. The largest absolute Gasteiger partial charge is 0.357 e. The fourth-order valence-electron chi connectivity index (χ4n) is 2.37. The highest BCUT2D eigenvalue weighted by atomic mass is 127. The number of guanidine groups is 1. The molecule has 3 nitrogen and oxygen atoms in total. The summed E-state index contributed by atoms with van der Waals surface area (Å²) in [4.78, 5) is 4.60. The van der Waals surface area contributed by atoms with E-state index in [0.29, 0.717) is 18.9 Å². The van der Waals surface area contributed by atoms with E-state index in [1.807, 2.05) is 6.92 Å². The first kappa shape index (κ1) is 21.5. The van der Waals surface area contributed by atoms with Gasteiger partial charge in [-0.05, 0) is 45.6 Å². The van der Waals surface area contributed by atoms with E-state index in [-0.39, 0.29) is 46.2 Å². The molecule has 0 aromatic heterocycles. The molecule has 1 aliphatic carbocycles. The molecule has 0 bridgehead atoms. The van der Waals surface area contributed by atoms with Crippen molar-refractivity contribution in [3.63, 3.8) is 0 Å². The SMILES string of the molecule is CCNC(=NCC(C)(C)SC)NC1CC1c1c(F)cccc1F.I. The Morgan fingerprint density at radius 2 is 1.96 bits per heavy atom. The molecular formula is C17H26F2IN3S. The van der Waals surface area contributed by atoms with E-state index in [1.54, 1.807) is 11.8 Å². The van der Waals surface area contributed by atoms with E-state index in [9.17, 15) is 8.78 Å². The van der Waals surface area contributed by atoms with Crippen LogP contribution in [-0.4, -0.2) is 36.1 Å². The molecule has 24 heavy (non-hydrogen) atoms. The molecule has 0 heterocycles. The van der Waals surface area contributed by atoms with Gasteiger partial charge in [-0.25, -0.2) is 8.78 Å². The zero-order valence-corrected chi connectivity index (χ0v) is 17.7. The Hall–Kier alpha value is -0.570. The van der Waals surface area contributed by atoms with E-state index < -0.39 is 11.6 Å². The molecule has 7 heteroatoms. The molecule has 1 saturated carbocycles. The third kappa shape index (κ3) is 5.75. The van der Waals surface area contributed by atoms with Gasteiger partial charge in [0.15, 0.2) is 5.96 Å². The van der Waals surface area contributed by atoms with E-state index in [0.717, 1.165) is 6.54 Å². The molecule has 1 aromatic rings. The van der Waals surface area contributed by atoms with Crippen molar-refractivity contribution in [2.24, 2.45) is 4.99 Å². The third-order valence-electron chi connectivity index (χ3n) is 4.00. The summed E-state index contributed by atoms with van der Waals surface area (Å²) in [6, 6.07) is 4.05. The van der Waals surface area contributed by atoms with Crippen LogP contribution in [0.3, 0.4) is 0 Å². The maximum atomic E-state index is 13.8. The summed E-state index contributed by atoms with van der Waals surface area (Å²) >= 11 is 1.76. The minimum absolute atomic E-state index is 0. The number of thioether (sulfide) groups is 1. The molecule has 0 saturated heterocycles. The highest BCUT2D eigenvalue weighted by Crippen LogP contribution is 2.43. The number of nitrogens with one attached hydrogen (secondary N) is 2. The lowest BCUT2D eigenvalue weighted by atomic mass is 10.1. The molecular weight excluding hydrogens is 443 g/mol. The van der Waals surface area contributed by atoms with Crippen molar-refractivity contribution in [2.75, 3.05) is 19.3 Å². The Morgan fingerprint density at radius 1 is 1.33 bits per heavy atom. The number of hydrogen-bond donors (Lipinski definition) is 2. The van der Waals surface area contributed by atoms with Gasteiger partial charge in [0, 0.05) is 28.8 Å². The van der Waals surface area contributed by atoms with Crippen LogP contribution in [0.4, 0.5) is 8.78 Å². The number of halogens is 3. The van der Waals surface area contributed by atoms with Crippen LogP contribution >= 0.6 is 35.7 Å². The summed E-state index contributed by atoms with van der Waals surface area (Å²) in [6.45, 7) is 7.70. The molecule has 2 N–H and O–H groups in total. The first-order valence-corrected chi connectivity index (χ1v) is 9.14. The topological polar surface area (TPSA) is 36.4 Å². The zero-order valence-electron chi connectivity index (χ0n) is 14.5. The molecule has 0 radical (unpaired) electrons. The summed E-state index contributed by atoms with van der Waals surface area (Å²) in [6.07, 6.45) is 2.78. The van der Waals surface area contributed by atoms with Gasteiger partial charge < -0.3 is 10.6 Å². The zero-order chi connectivity index (χ0) is 17.0. The van der Waals surface area contributed by atoms with Gasteiger partial charge in [0.2, 0.25) is 0 Å². The standard InChI is InChI=1S/C17H25F2N3S.HI/c1-5-20-16(21-10-17(2,3)23-4)22-14-9-11(14)15-12(18)7-6-8-13(15)19;/h6-8,11,14H,5,9-10H2,1-4H3,(H2,20,21,22);1H. The lowest BCUT2D eigenvalue weighted by molar-refractivity contribution is 0.553. The third-order valence-corrected chi connectivity index (χ3v) is 5.23. The van der Waals surface area contributed by atoms with Crippen molar-refractivity contribution >= 4 is 41.7 Å².